The molecule has 0 aromatic heterocycles. The minimum absolute atomic E-state index is 0.159. The lowest BCUT2D eigenvalue weighted by atomic mass is 10.1. The Bertz CT molecular complexity index is 435. The number of nitrogens with one attached hydrogen (secondary N) is 1. The van der Waals surface area contributed by atoms with Crippen molar-refractivity contribution in [3.05, 3.63) is 23.8 Å². The van der Waals surface area contributed by atoms with Gasteiger partial charge in [-0.05, 0) is 25.5 Å². The van der Waals surface area contributed by atoms with Crippen molar-refractivity contribution in [3.8, 4) is 11.5 Å². The number of carbonyl (C=O) groups is 1. The number of methoxy groups -OCH3 is 2. The largest absolute Gasteiger partial charge is 0.497 e. The summed E-state index contributed by atoms with van der Waals surface area (Å²) in [4.78, 5) is 11.8. The number of ether oxygens (including phenoxy) is 2. The Kier molecular flexibility index (Phi) is 5.63. The summed E-state index contributed by atoms with van der Waals surface area (Å²) in [5.74, 6) is 1.23. The fourth-order valence-corrected chi connectivity index (χ4v) is 1.76. The molecule has 0 heterocycles. The predicted molar refractivity (Wildman–Crippen MR) is 74.4 cm³/mol. The van der Waals surface area contributed by atoms with Gasteiger partial charge in [-0.3, -0.25) is 4.79 Å². The van der Waals surface area contributed by atoms with Gasteiger partial charge in [0.25, 0.3) is 0 Å². The molecule has 2 atom stereocenters. The van der Waals surface area contributed by atoms with Crippen LogP contribution in [0.2, 0.25) is 0 Å². The maximum absolute atomic E-state index is 11.8. The normalized spacial score (nSPS) is 13.5. The molecule has 19 heavy (non-hydrogen) atoms. The minimum Gasteiger partial charge on any atom is -0.497 e. The van der Waals surface area contributed by atoms with Crippen LogP contribution in [0.3, 0.4) is 0 Å². The molecule has 1 aromatic carbocycles. The van der Waals surface area contributed by atoms with E-state index >= 15 is 0 Å². The lowest BCUT2D eigenvalue weighted by Gasteiger charge is -2.19. The number of nitrogens with two attached hydrogens (primary N) is 1. The molecule has 5 nitrogen and oxygen atoms in total. The first-order valence-electron chi connectivity index (χ1n) is 6.31. The van der Waals surface area contributed by atoms with Crippen molar-refractivity contribution in [2.24, 2.45) is 5.73 Å². The summed E-state index contributed by atoms with van der Waals surface area (Å²) in [5.41, 5.74) is 6.58. The summed E-state index contributed by atoms with van der Waals surface area (Å²) >= 11 is 0. The molecule has 1 unspecified atom stereocenters. The fraction of sp³-hybridized carbons (Fsp3) is 0.500. The molecule has 0 aliphatic carbocycles. The molecule has 0 radical (unpaired) electrons. The van der Waals surface area contributed by atoms with Gasteiger partial charge in [-0.25, -0.2) is 0 Å². The summed E-state index contributed by atoms with van der Waals surface area (Å²) in [5, 5.41) is 2.87. The average Bonchev–Trinajstić information content (AvgIpc) is 2.45. The lowest BCUT2D eigenvalue weighted by molar-refractivity contribution is -0.123. The van der Waals surface area contributed by atoms with Gasteiger partial charge in [0.1, 0.15) is 11.5 Å². The molecular weight excluding hydrogens is 244 g/mol. The second-order valence-corrected chi connectivity index (χ2v) is 4.35. The standard InChI is InChI=1S/C14H22N2O3/c1-5-12(15)14(17)16-9(2)11-7-6-10(18-3)8-13(11)19-4/h6-9,12H,5,15H2,1-4H3,(H,16,17)/t9?,12-/m0/s1. The second kappa shape index (κ2) is 6.99. The van der Waals surface area contributed by atoms with Gasteiger partial charge >= 0.3 is 0 Å². The van der Waals surface area contributed by atoms with Crippen molar-refractivity contribution in [2.45, 2.75) is 32.4 Å². The highest BCUT2D eigenvalue weighted by molar-refractivity contribution is 5.81. The zero-order chi connectivity index (χ0) is 14.4. The summed E-state index contributed by atoms with van der Waals surface area (Å²) in [7, 11) is 3.19. The maximum atomic E-state index is 11.8. The molecule has 1 amide bonds. The third-order valence-electron chi connectivity index (χ3n) is 3.04. The first kappa shape index (κ1) is 15.3. The van der Waals surface area contributed by atoms with Crippen molar-refractivity contribution in [2.75, 3.05) is 14.2 Å². The number of hydrogen-bond acceptors (Lipinski definition) is 4. The van der Waals surface area contributed by atoms with E-state index in [0.29, 0.717) is 17.9 Å². The molecule has 0 aliphatic heterocycles. The summed E-state index contributed by atoms with van der Waals surface area (Å²) in [6.07, 6.45) is 0.609. The van der Waals surface area contributed by atoms with Crippen molar-refractivity contribution in [3.63, 3.8) is 0 Å². The third-order valence-corrected chi connectivity index (χ3v) is 3.04. The van der Waals surface area contributed by atoms with E-state index in [2.05, 4.69) is 5.32 Å². The molecule has 0 fully saturated rings. The molecule has 0 bridgehead atoms. The van der Waals surface area contributed by atoms with Gasteiger partial charge in [-0.2, -0.15) is 0 Å². The van der Waals surface area contributed by atoms with E-state index in [1.807, 2.05) is 26.0 Å². The Morgan fingerprint density at radius 3 is 2.58 bits per heavy atom. The van der Waals surface area contributed by atoms with Crippen LogP contribution in [0.4, 0.5) is 0 Å². The minimum atomic E-state index is -0.480. The first-order valence-corrected chi connectivity index (χ1v) is 6.31. The molecule has 5 heteroatoms. The Balaban J connectivity index is 2.87. The Morgan fingerprint density at radius 2 is 2.05 bits per heavy atom. The van der Waals surface area contributed by atoms with E-state index in [4.69, 9.17) is 15.2 Å². The molecule has 0 aliphatic rings. The molecule has 1 aromatic rings. The third kappa shape index (κ3) is 3.86. The van der Waals surface area contributed by atoms with E-state index in [-0.39, 0.29) is 11.9 Å². The Labute approximate surface area is 114 Å². The summed E-state index contributed by atoms with van der Waals surface area (Å²) in [6.45, 7) is 3.77. The lowest BCUT2D eigenvalue weighted by Crippen LogP contribution is -2.41. The summed E-state index contributed by atoms with van der Waals surface area (Å²) < 4.78 is 10.5. The Morgan fingerprint density at radius 1 is 1.37 bits per heavy atom. The smallest absolute Gasteiger partial charge is 0.237 e. The highest BCUT2D eigenvalue weighted by Gasteiger charge is 2.17. The monoisotopic (exact) mass is 266 g/mol. The van der Waals surface area contributed by atoms with E-state index in [1.165, 1.54) is 0 Å². The summed E-state index contributed by atoms with van der Waals surface area (Å²) in [6, 6.07) is 4.84. The van der Waals surface area contributed by atoms with Gasteiger partial charge in [-0.1, -0.05) is 6.92 Å². The number of carbonyl (C=O) groups excluding carboxylic acids is 1. The molecule has 1 rings (SSSR count). The number of amides is 1. The number of benzene rings is 1. The SMILES string of the molecule is CC[C@H](N)C(=O)NC(C)c1ccc(OC)cc1OC. The molecule has 0 saturated carbocycles. The average molecular weight is 266 g/mol. The van der Waals surface area contributed by atoms with Crippen LogP contribution >= 0.6 is 0 Å². The molecule has 0 spiro atoms. The quantitative estimate of drug-likeness (QED) is 0.820. The van der Waals surface area contributed by atoms with Gasteiger partial charge in [0.2, 0.25) is 5.91 Å². The van der Waals surface area contributed by atoms with E-state index in [9.17, 15) is 4.79 Å². The zero-order valence-electron chi connectivity index (χ0n) is 11.9. The van der Waals surface area contributed by atoms with Crippen LogP contribution in [0.15, 0.2) is 18.2 Å². The van der Waals surface area contributed by atoms with Gasteiger partial charge in [0, 0.05) is 11.6 Å². The van der Waals surface area contributed by atoms with Crippen LogP contribution in [-0.4, -0.2) is 26.2 Å². The molecule has 3 N–H and O–H groups in total. The van der Waals surface area contributed by atoms with Crippen LogP contribution in [0, 0.1) is 0 Å². The highest BCUT2D eigenvalue weighted by Crippen LogP contribution is 2.29. The van der Waals surface area contributed by atoms with Crippen molar-refractivity contribution in [1.82, 2.24) is 5.32 Å². The molecular formula is C14H22N2O3. The van der Waals surface area contributed by atoms with Crippen LogP contribution in [0.1, 0.15) is 31.9 Å². The van der Waals surface area contributed by atoms with Crippen molar-refractivity contribution >= 4 is 5.91 Å². The second-order valence-electron chi connectivity index (χ2n) is 4.35. The van der Waals surface area contributed by atoms with Gasteiger partial charge < -0.3 is 20.5 Å². The van der Waals surface area contributed by atoms with Crippen LogP contribution < -0.4 is 20.5 Å². The van der Waals surface area contributed by atoms with Gasteiger partial charge in [0.05, 0.1) is 26.3 Å². The number of hydrogen-bond donors (Lipinski definition) is 2. The maximum Gasteiger partial charge on any atom is 0.237 e. The zero-order valence-corrected chi connectivity index (χ0v) is 11.9. The molecule has 0 saturated heterocycles. The van der Waals surface area contributed by atoms with Crippen molar-refractivity contribution in [1.29, 1.82) is 0 Å². The van der Waals surface area contributed by atoms with Gasteiger partial charge in [-0.15, -0.1) is 0 Å². The molecule has 106 valence electrons. The van der Waals surface area contributed by atoms with E-state index in [1.54, 1.807) is 20.3 Å². The van der Waals surface area contributed by atoms with E-state index < -0.39 is 6.04 Å². The fourth-order valence-electron chi connectivity index (χ4n) is 1.76. The van der Waals surface area contributed by atoms with E-state index in [0.717, 1.165) is 5.56 Å². The predicted octanol–water partition coefficient (Wildman–Crippen LogP) is 1.62. The number of rotatable bonds is 6. The highest BCUT2D eigenvalue weighted by atomic mass is 16.5. The topological polar surface area (TPSA) is 73.6 Å². The van der Waals surface area contributed by atoms with Crippen LogP contribution in [0.5, 0.6) is 11.5 Å². The van der Waals surface area contributed by atoms with Gasteiger partial charge in [0.15, 0.2) is 0 Å². The Hall–Kier alpha value is -1.75. The van der Waals surface area contributed by atoms with Crippen molar-refractivity contribution < 1.29 is 14.3 Å². The van der Waals surface area contributed by atoms with Crippen LogP contribution in [0.25, 0.3) is 0 Å². The first-order chi connectivity index (χ1) is 9.03. The van der Waals surface area contributed by atoms with Crippen LogP contribution in [-0.2, 0) is 4.79 Å².